The normalized spacial score (nSPS) is 10.5. The maximum absolute atomic E-state index is 5.55. The molecule has 0 aromatic carbocycles. The fraction of sp³-hybridized carbons (Fsp3) is 0.300. The van der Waals surface area contributed by atoms with Crippen LogP contribution in [0.1, 0.15) is 19.2 Å². The number of rotatable bonds is 3. The molecule has 2 aromatic heterocycles. The number of aryl methyl sites for hydroxylation is 1. The summed E-state index contributed by atoms with van der Waals surface area (Å²) in [6.07, 6.45) is 3.55. The first kappa shape index (κ1) is 9.64. The van der Waals surface area contributed by atoms with Crippen LogP contribution in [-0.4, -0.2) is 20.2 Å². The lowest BCUT2D eigenvalue weighted by Crippen LogP contribution is -1.89. The van der Waals surface area contributed by atoms with Crippen molar-refractivity contribution in [2.24, 2.45) is 0 Å². The topological polar surface area (TPSA) is 80.5 Å². The Kier molecular flexibility index (Phi) is 2.62. The van der Waals surface area contributed by atoms with Crippen molar-refractivity contribution in [2.75, 3.05) is 5.73 Å². The lowest BCUT2D eigenvalue weighted by molar-refractivity contribution is 0.841. The third-order valence-electron chi connectivity index (χ3n) is 2.03. The molecule has 15 heavy (non-hydrogen) atoms. The summed E-state index contributed by atoms with van der Waals surface area (Å²) in [5, 5.41) is 6.98. The molecular formula is C10H13N5. The average molecular weight is 203 g/mol. The van der Waals surface area contributed by atoms with E-state index in [1.54, 1.807) is 12.3 Å². The van der Waals surface area contributed by atoms with Gasteiger partial charge in [-0.25, -0.2) is 4.98 Å². The average Bonchev–Trinajstić information content (AvgIpc) is 2.68. The molecule has 2 rings (SSSR count). The van der Waals surface area contributed by atoms with Gasteiger partial charge in [-0.05, 0) is 18.6 Å². The number of hydrogen-bond donors (Lipinski definition) is 2. The Balaban J connectivity index is 2.25. The predicted molar refractivity (Wildman–Crippen MR) is 58.0 cm³/mol. The maximum atomic E-state index is 5.55. The number of nitrogens with one attached hydrogen (secondary N) is 1. The minimum Gasteiger partial charge on any atom is -0.397 e. The quantitative estimate of drug-likeness (QED) is 0.790. The highest BCUT2D eigenvalue weighted by atomic mass is 15.2. The first-order chi connectivity index (χ1) is 7.29. The zero-order valence-electron chi connectivity index (χ0n) is 8.57. The largest absolute Gasteiger partial charge is 0.397 e. The Labute approximate surface area is 87.8 Å². The van der Waals surface area contributed by atoms with E-state index in [4.69, 9.17) is 5.73 Å². The van der Waals surface area contributed by atoms with Gasteiger partial charge in [-0.3, -0.25) is 10.1 Å². The van der Waals surface area contributed by atoms with Gasteiger partial charge in [0.1, 0.15) is 11.5 Å². The van der Waals surface area contributed by atoms with Crippen LogP contribution in [0, 0.1) is 0 Å². The van der Waals surface area contributed by atoms with Gasteiger partial charge in [-0.2, -0.15) is 5.10 Å². The highest BCUT2D eigenvalue weighted by molar-refractivity contribution is 5.51. The number of aromatic nitrogens is 4. The first-order valence-corrected chi connectivity index (χ1v) is 4.92. The van der Waals surface area contributed by atoms with Crippen LogP contribution in [0.15, 0.2) is 18.3 Å². The van der Waals surface area contributed by atoms with Gasteiger partial charge in [0.25, 0.3) is 0 Å². The van der Waals surface area contributed by atoms with Crippen molar-refractivity contribution in [1.82, 2.24) is 20.2 Å². The fourth-order valence-corrected chi connectivity index (χ4v) is 1.30. The highest BCUT2D eigenvalue weighted by Gasteiger charge is 2.05. The Morgan fingerprint density at radius 1 is 1.40 bits per heavy atom. The number of hydrogen-bond acceptors (Lipinski definition) is 4. The second-order valence-corrected chi connectivity index (χ2v) is 3.33. The summed E-state index contributed by atoms with van der Waals surface area (Å²) in [7, 11) is 0. The summed E-state index contributed by atoms with van der Waals surface area (Å²) in [5.74, 6) is 1.52. The molecule has 0 aliphatic heterocycles. The van der Waals surface area contributed by atoms with E-state index in [1.807, 2.05) is 6.07 Å². The van der Waals surface area contributed by atoms with Crippen molar-refractivity contribution >= 4 is 5.69 Å². The number of nitrogen functional groups attached to an aromatic ring is 1. The molecule has 3 N–H and O–H groups in total. The molecule has 0 amide bonds. The van der Waals surface area contributed by atoms with E-state index in [0.717, 1.165) is 24.4 Å². The van der Waals surface area contributed by atoms with Crippen LogP contribution >= 0.6 is 0 Å². The van der Waals surface area contributed by atoms with Crippen molar-refractivity contribution in [3.05, 3.63) is 24.2 Å². The minimum absolute atomic E-state index is 0.624. The molecule has 78 valence electrons. The van der Waals surface area contributed by atoms with E-state index >= 15 is 0 Å². The molecule has 5 nitrogen and oxygen atoms in total. The second-order valence-electron chi connectivity index (χ2n) is 3.33. The summed E-state index contributed by atoms with van der Waals surface area (Å²) >= 11 is 0. The van der Waals surface area contributed by atoms with Crippen molar-refractivity contribution in [3.8, 4) is 11.5 Å². The van der Waals surface area contributed by atoms with Crippen LogP contribution in [0.3, 0.4) is 0 Å². The van der Waals surface area contributed by atoms with Gasteiger partial charge in [0.15, 0.2) is 5.82 Å². The van der Waals surface area contributed by atoms with E-state index in [0.29, 0.717) is 11.5 Å². The number of nitrogens with two attached hydrogens (primary N) is 1. The van der Waals surface area contributed by atoms with Crippen molar-refractivity contribution < 1.29 is 0 Å². The van der Waals surface area contributed by atoms with Crippen LogP contribution in [0.2, 0.25) is 0 Å². The lowest BCUT2D eigenvalue weighted by atomic mass is 10.3. The molecule has 0 bridgehead atoms. The van der Waals surface area contributed by atoms with E-state index in [2.05, 4.69) is 27.1 Å². The SMILES string of the molecule is CCCc1nc(-c2ccc(N)cn2)n[nH]1. The molecular weight excluding hydrogens is 190 g/mol. The van der Waals surface area contributed by atoms with E-state index in [1.165, 1.54) is 0 Å². The van der Waals surface area contributed by atoms with Crippen LogP contribution in [-0.2, 0) is 6.42 Å². The molecule has 0 saturated carbocycles. The summed E-state index contributed by atoms with van der Waals surface area (Å²) in [6.45, 7) is 2.10. The second kappa shape index (κ2) is 4.08. The molecule has 5 heteroatoms. The predicted octanol–water partition coefficient (Wildman–Crippen LogP) is 1.40. The lowest BCUT2D eigenvalue weighted by Gasteiger charge is -1.94. The number of anilines is 1. The van der Waals surface area contributed by atoms with Gasteiger partial charge < -0.3 is 5.73 Å². The number of nitrogens with zero attached hydrogens (tertiary/aromatic N) is 3. The van der Waals surface area contributed by atoms with E-state index < -0.39 is 0 Å². The molecule has 2 heterocycles. The summed E-state index contributed by atoms with van der Waals surface area (Å²) < 4.78 is 0. The van der Waals surface area contributed by atoms with Crippen molar-refractivity contribution in [2.45, 2.75) is 19.8 Å². The van der Waals surface area contributed by atoms with Crippen molar-refractivity contribution in [3.63, 3.8) is 0 Å². The Hall–Kier alpha value is -1.91. The molecule has 0 saturated heterocycles. The minimum atomic E-state index is 0.624. The molecule has 0 atom stereocenters. The molecule has 0 fully saturated rings. The van der Waals surface area contributed by atoms with Crippen LogP contribution in [0.25, 0.3) is 11.5 Å². The Bertz CT molecular complexity index is 431. The summed E-state index contributed by atoms with van der Waals surface area (Å²) in [6, 6.07) is 3.60. The smallest absolute Gasteiger partial charge is 0.199 e. The van der Waals surface area contributed by atoms with E-state index in [-0.39, 0.29) is 0 Å². The molecule has 2 aromatic rings. The summed E-state index contributed by atoms with van der Waals surface area (Å²) in [4.78, 5) is 8.48. The first-order valence-electron chi connectivity index (χ1n) is 4.92. The van der Waals surface area contributed by atoms with Crippen molar-refractivity contribution in [1.29, 1.82) is 0 Å². The third kappa shape index (κ3) is 2.12. The maximum Gasteiger partial charge on any atom is 0.199 e. The fourth-order valence-electron chi connectivity index (χ4n) is 1.30. The third-order valence-corrected chi connectivity index (χ3v) is 2.03. The zero-order valence-corrected chi connectivity index (χ0v) is 8.57. The van der Waals surface area contributed by atoms with Crippen LogP contribution < -0.4 is 5.73 Å². The van der Waals surface area contributed by atoms with Gasteiger partial charge in [0.2, 0.25) is 0 Å². The monoisotopic (exact) mass is 203 g/mol. The molecule has 0 radical (unpaired) electrons. The van der Waals surface area contributed by atoms with Gasteiger partial charge in [0, 0.05) is 6.42 Å². The zero-order chi connectivity index (χ0) is 10.7. The molecule has 0 aliphatic carbocycles. The summed E-state index contributed by atoms with van der Waals surface area (Å²) in [5.41, 5.74) is 6.93. The van der Waals surface area contributed by atoms with Gasteiger partial charge in [0.05, 0.1) is 11.9 Å². The molecule has 0 aliphatic rings. The van der Waals surface area contributed by atoms with E-state index in [9.17, 15) is 0 Å². The number of H-pyrrole nitrogens is 1. The molecule has 0 unspecified atom stereocenters. The Morgan fingerprint density at radius 3 is 2.93 bits per heavy atom. The Morgan fingerprint density at radius 2 is 2.27 bits per heavy atom. The number of pyridine rings is 1. The van der Waals surface area contributed by atoms with Crippen LogP contribution in [0.5, 0.6) is 0 Å². The molecule has 0 spiro atoms. The van der Waals surface area contributed by atoms with Gasteiger partial charge in [-0.1, -0.05) is 6.92 Å². The van der Waals surface area contributed by atoms with Gasteiger partial charge >= 0.3 is 0 Å². The standard InChI is InChI=1S/C10H13N5/c1-2-3-9-13-10(15-14-9)8-5-4-7(11)6-12-8/h4-6H,2-3,11H2,1H3,(H,13,14,15). The highest BCUT2D eigenvalue weighted by Crippen LogP contribution is 2.12. The number of aromatic amines is 1. The van der Waals surface area contributed by atoms with Gasteiger partial charge in [-0.15, -0.1) is 0 Å². The van der Waals surface area contributed by atoms with Crippen LogP contribution in [0.4, 0.5) is 5.69 Å².